The maximum atomic E-state index is 10.7. The van der Waals surface area contributed by atoms with E-state index in [1.165, 1.54) is 0 Å². The standard InChI is InChI=1S/C15H19N3OS2/c1-10-11(2)21-14(9-20-10)15(19)13-8-16-17-18(13)12-6-4-3-5-7-12/h3-8,10-11,14-15,19H,9H2,1-2H3. The Bertz CT molecular complexity index is 590. The SMILES string of the molecule is CC1SCC(C(O)c2cnnn2-c2ccccc2)SC1C. The summed E-state index contributed by atoms with van der Waals surface area (Å²) < 4.78 is 1.73. The maximum absolute atomic E-state index is 10.7. The van der Waals surface area contributed by atoms with Crippen molar-refractivity contribution in [3.05, 3.63) is 42.2 Å². The van der Waals surface area contributed by atoms with E-state index in [0.717, 1.165) is 17.1 Å². The molecule has 1 aromatic carbocycles. The van der Waals surface area contributed by atoms with Gasteiger partial charge in [0, 0.05) is 21.5 Å². The smallest absolute Gasteiger partial charge is 0.110 e. The molecule has 0 amide bonds. The molecule has 1 aliphatic rings. The summed E-state index contributed by atoms with van der Waals surface area (Å²) in [7, 11) is 0. The Labute approximate surface area is 133 Å². The summed E-state index contributed by atoms with van der Waals surface area (Å²) >= 11 is 3.80. The number of aromatic nitrogens is 3. The van der Waals surface area contributed by atoms with E-state index in [0.29, 0.717) is 10.5 Å². The van der Waals surface area contributed by atoms with Crippen LogP contribution in [0.4, 0.5) is 0 Å². The largest absolute Gasteiger partial charge is 0.386 e. The highest BCUT2D eigenvalue weighted by atomic mass is 32.2. The van der Waals surface area contributed by atoms with Crippen LogP contribution in [0.2, 0.25) is 0 Å². The minimum Gasteiger partial charge on any atom is -0.386 e. The number of aliphatic hydroxyl groups is 1. The topological polar surface area (TPSA) is 50.9 Å². The summed E-state index contributed by atoms with van der Waals surface area (Å²) in [5.41, 5.74) is 1.69. The number of rotatable bonds is 3. The van der Waals surface area contributed by atoms with Gasteiger partial charge in [-0.2, -0.15) is 23.5 Å². The lowest BCUT2D eigenvalue weighted by Gasteiger charge is -2.33. The van der Waals surface area contributed by atoms with Crippen molar-refractivity contribution < 1.29 is 5.11 Å². The first kappa shape index (κ1) is 14.9. The van der Waals surface area contributed by atoms with Crippen LogP contribution in [0, 0.1) is 0 Å². The van der Waals surface area contributed by atoms with Crippen molar-refractivity contribution in [2.75, 3.05) is 5.75 Å². The van der Waals surface area contributed by atoms with Crippen molar-refractivity contribution in [3.63, 3.8) is 0 Å². The van der Waals surface area contributed by atoms with Crippen LogP contribution in [-0.4, -0.2) is 41.6 Å². The van der Waals surface area contributed by atoms with E-state index in [1.807, 2.05) is 53.9 Å². The van der Waals surface area contributed by atoms with E-state index < -0.39 is 6.10 Å². The summed E-state index contributed by atoms with van der Waals surface area (Å²) in [6, 6.07) is 9.83. The van der Waals surface area contributed by atoms with E-state index >= 15 is 0 Å². The summed E-state index contributed by atoms with van der Waals surface area (Å²) in [6.45, 7) is 4.48. The number of nitrogens with zero attached hydrogens (tertiary/aromatic N) is 3. The molecule has 1 fully saturated rings. The average Bonchev–Trinajstić information content (AvgIpc) is 2.99. The molecule has 1 aliphatic heterocycles. The molecule has 1 saturated heterocycles. The van der Waals surface area contributed by atoms with E-state index in [1.54, 1.807) is 10.9 Å². The van der Waals surface area contributed by atoms with Gasteiger partial charge in [0.15, 0.2) is 0 Å². The van der Waals surface area contributed by atoms with Crippen LogP contribution in [0.5, 0.6) is 0 Å². The van der Waals surface area contributed by atoms with Crippen LogP contribution >= 0.6 is 23.5 Å². The first-order valence-corrected chi connectivity index (χ1v) is 9.07. The minimum absolute atomic E-state index is 0.183. The highest BCUT2D eigenvalue weighted by molar-refractivity contribution is 8.07. The molecule has 2 aromatic rings. The van der Waals surface area contributed by atoms with Gasteiger partial charge in [-0.1, -0.05) is 37.3 Å². The first-order valence-electron chi connectivity index (χ1n) is 7.08. The predicted octanol–water partition coefficient (Wildman–Crippen LogP) is 2.93. The maximum Gasteiger partial charge on any atom is 0.110 e. The zero-order valence-corrected chi connectivity index (χ0v) is 13.7. The lowest BCUT2D eigenvalue weighted by Crippen LogP contribution is -2.31. The fourth-order valence-electron chi connectivity index (χ4n) is 2.38. The number of hydrogen-bond donors (Lipinski definition) is 1. The van der Waals surface area contributed by atoms with Crippen molar-refractivity contribution in [1.29, 1.82) is 0 Å². The van der Waals surface area contributed by atoms with Gasteiger partial charge in [-0.3, -0.25) is 0 Å². The van der Waals surface area contributed by atoms with Gasteiger partial charge < -0.3 is 5.11 Å². The van der Waals surface area contributed by atoms with Crippen molar-refractivity contribution in [3.8, 4) is 5.69 Å². The van der Waals surface area contributed by atoms with Crippen LogP contribution in [-0.2, 0) is 0 Å². The normalized spacial score (nSPS) is 27.5. The predicted molar refractivity (Wildman–Crippen MR) is 89.1 cm³/mol. The van der Waals surface area contributed by atoms with Crippen LogP contribution < -0.4 is 0 Å². The molecule has 2 heterocycles. The fraction of sp³-hybridized carbons (Fsp3) is 0.467. The van der Waals surface area contributed by atoms with Gasteiger partial charge in [0.25, 0.3) is 0 Å². The van der Waals surface area contributed by atoms with Crippen molar-refractivity contribution in [2.24, 2.45) is 0 Å². The van der Waals surface area contributed by atoms with Crippen molar-refractivity contribution >= 4 is 23.5 Å². The lowest BCUT2D eigenvalue weighted by atomic mass is 10.2. The Morgan fingerprint density at radius 1 is 1.24 bits per heavy atom. The quantitative estimate of drug-likeness (QED) is 0.942. The minimum atomic E-state index is -0.548. The molecule has 0 spiro atoms. The Hall–Kier alpha value is -0.980. The van der Waals surface area contributed by atoms with E-state index in [9.17, 15) is 5.11 Å². The average molecular weight is 321 g/mol. The van der Waals surface area contributed by atoms with Gasteiger partial charge in [0.2, 0.25) is 0 Å². The van der Waals surface area contributed by atoms with Gasteiger partial charge in [-0.15, -0.1) is 5.10 Å². The third-order valence-electron chi connectivity index (χ3n) is 3.81. The summed E-state index contributed by atoms with van der Waals surface area (Å²) in [5.74, 6) is 0.956. The molecule has 4 atom stereocenters. The van der Waals surface area contributed by atoms with Gasteiger partial charge in [-0.05, 0) is 12.1 Å². The number of hydrogen-bond acceptors (Lipinski definition) is 5. The first-order chi connectivity index (χ1) is 10.2. The van der Waals surface area contributed by atoms with E-state index in [2.05, 4.69) is 24.2 Å². The van der Waals surface area contributed by atoms with Crippen LogP contribution in [0.3, 0.4) is 0 Å². The van der Waals surface area contributed by atoms with E-state index in [-0.39, 0.29) is 5.25 Å². The molecular weight excluding hydrogens is 302 g/mol. The third kappa shape index (κ3) is 3.12. The van der Waals surface area contributed by atoms with Crippen LogP contribution in [0.15, 0.2) is 36.5 Å². The van der Waals surface area contributed by atoms with Crippen LogP contribution in [0.25, 0.3) is 5.69 Å². The van der Waals surface area contributed by atoms with E-state index in [4.69, 9.17) is 0 Å². The molecule has 4 unspecified atom stereocenters. The second kappa shape index (κ2) is 6.42. The molecule has 1 N–H and O–H groups in total. The van der Waals surface area contributed by atoms with Gasteiger partial charge in [0.1, 0.15) is 6.10 Å². The molecule has 6 heteroatoms. The zero-order chi connectivity index (χ0) is 14.8. The molecular formula is C15H19N3OS2. The summed E-state index contributed by atoms with van der Waals surface area (Å²) in [6.07, 6.45) is 1.12. The number of benzene rings is 1. The van der Waals surface area contributed by atoms with Gasteiger partial charge in [-0.25, -0.2) is 4.68 Å². The molecule has 0 saturated carbocycles. The highest BCUT2D eigenvalue weighted by Crippen LogP contribution is 2.41. The molecule has 0 aliphatic carbocycles. The van der Waals surface area contributed by atoms with Crippen molar-refractivity contribution in [2.45, 2.75) is 35.7 Å². The lowest BCUT2D eigenvalue weighted by molar-refractivity contribution is 0.172. The molecule has 4 nitrogen and oxygen atoms in total. The number of aliphatic hydroxyl groups excluding tert-OH is 1. The molecule has 21 heavy (non-hydrogen) atoms. The van der Waals surface area contributed by atoms with Gasteiger partial charge >= 0.3 is 0 Å². The third-order valence-corrected chi connectivity index (χ3v) is 7.29. The van der Waals surface area contributed by atoms with Crippen LogP contribution in [0.1, 0.15) is 25.6 Å². The molecule has 3 rings (SSSR count). The fourth-order valence-corrected chi connectivity index (χ4v) is 5.36. The Balaban J connectivity index is 1.83. The van der Waals surface area contributed by atoms with Gasteiger partial charge in [0.05, 0.1) is 17.6 Å². The molecule has 0 bridgehead atoms. The second-order valence-corrected chi connectivity index (χ2v) is 8.30. The highest BCUT2D eigenvalue weighted by Gasteiger charge is 2.33. The molecule has 1 aromatic heterocycles. The summed E-state index contributed by atoms with van der Waals surface area (Å²) in [4.78, 5) is 0. The zero-order valence-electron chi connectivity index (χ0n) is 12.1. The number of thioether (sulfide) groups is 2. The Morgan fingerprint density at radius 3 is 2.71 bits per heavy atom. The second-order valence-electron chi connectivity index (χ2n) is 5.27. The Kier molecular flexibility index (Phi) is 4.57. The monoisotopic (exact) mass is 321 g/mol. The van der Waals surface area contributed by atoms with Crippen molar-refractivity contribution in [1.82, 2.24) is 15.0 Å². The Morgan fingerprint density at radius 2 is 2.00 bits per heavy atom. The molecule has 0 radical (unpaired) electrons. The molecule has 112 valence electrons. The summed E-state index contributed by atoms with van der Waals surface area (Å²) in [5, 5.41) is 20.2. The number of para-hydroxylation sites is 1.